The minimum atomic E-state index is -0.883. The lowest BCUT2D eigenvalue weighted by atomic mass is 9.84. The molecule has 0 radical (unpaired) electrons. The quantitative estimate of drug-likeness (QED) is 0.904. The molecule has 1 aliphatic carbocycles. The molecule has 3 unspecified atom stereocenters. The smallest absolute Gasteiger partial charge is 0.326 e. The molecule has 3 atom stereocenters. The van der Waals surface area contributed by atoms with Crippen molar-refractivity contribution < 1.29 is 14.7 Å². The number of anilines is 1. The highest BCUT2D eigenvalue weighted by molar-refractivity contribution is 5.97. The number of carbonyl (C=O) groups excluding carboxylic acids is 1. The first-order valence-corrected chi connectivity index (χ1v) is 9.52. The van der Waals surface area contributed by atoms with E-state index in [0.717, 1.165) is 50.0 Å². The highest BCUT2D eigenvalue weighted by Gasteiger charge is 2.47. The SMILES string of the molecule is CC1=NN(c2ccc(C(=O)N3C(C(=O)O)CC4CCCCC43)cc2)CC1. The van der Waals surface area contributed by atoms with Crippen molar-refractivity contribution in [3.05, 3.63) is 29.8 Å². The first-order valence-electron chi connectivity index (χ1n) is 9.52. The molecule has 4 rings (SSSR count). The van der Waals surface area contributed by atoms with Crippen LogP contribution in [0.5, 0.6) is 0 Å². The summed E-state index contributed by atoms with van der Waals surface area (Å²) in [5.41, 5.74) is 2.63. The lowest BCUT2D eigenvalue weighted by Crippen LogP contribution is -2.46. The second-order valence-electron chi connectivity index (χ2n) is 7.67. The molecule has 1 aromatic rings. The molecule has 1 amide bonds. The highest BCUT2D eigenvalue weighted by Crippen LogP contribution is 2.40. The van der Waals surface area contributed by atoms with Gasteiger partial charge in [-0.2, -0.15) is 5.10 Å². The summed E-state index contributed by atoms with van der Waals surface area (Å²) in [7, 11) is 0. The zero-order chi connectivity index (χ0) is 18.3. The first-order chi connectivity index (χ1) is 12.5. The fourth-order valence-corrected chi connectivity index (χ4v) is 4.66. The normalized spacial score (nSPS) is 28.0. The van der Waals surface area contributed by atoms with E-state index < -0.39 is 12.0 Å². The highest BCUT2D eigenvalue weighted by atomic mass is 16.4. The van der Waals surface area contributed by atoms with Gasteiger partial charge in [-0.15, -0.1) is 0 Å². The van der Waals surface area contributed by atoms with Crippen LogP contribution in [0.15, 0.2) is 29.4 Å². The first kappa shape index (κ1) is 17.1. The number of carboxylic acids is 1. The van der Waals surface area contributed by atoms with Crippen LogP contribution in [0.3, 0.4) is 0 Å². The molecule has 2 aliphatic heterocycles. The Morgan fingerprint density at radius 1 is 1.15 bits per heavy atom. The predicted octanol–water partition coefficient (Wildman–Crippen LogP) is 3.13. The lowest BCUT2D eigenvalue weighted by molar-refractivity contribution is -0.141. The maximum absolute atomic E-state index is 13.1. The van der Waals surface area contributed by atoms with Crippen LogP contribution in [-0.4, -0.2) is 46.2 Å². The van der Waals surface area contributed by atoms with Gasteiger partial charge in [-0.25, -0.2) is 4.79 Å². The van der Waals surface area contributed by atoms with Gasteiger partial charge in [0.05, 0.1) is 5.69 Å². The van der Waals surface area contributed by atoms with Gasteiger partial charge in [-0.05, 0) is 56.4 Å². The van der Waals surface area contributed by atoms with Crippen LogP contribution in [0.1, 0.15) is 55.8 Å². The minimum Gasteiger partial charge on any atom is -0.480 e. The number of hydrazone groups is 1. The van der Waals surface area contributed by atoms with Crippen molar-refractivity contribution in [2.45, 2.75) is 57.5 Å². The third kappa shape index (κ3) is 2.97. The number of nitrogens with zero attached hydrogens (tertiary/aromatic N) is 3. The molecule has 1 aromatic carbocycles. The van der Waals surface area contributed by atoms with Gasteiger partial charge in [-0.1, -0.05) is 12.8 Å². The van der Waals surface area contributed by atoms with E-state index in [-0.39, 0.29) is 11.9 Å². The summed E-state index contributed by atoms with van der Waals surface area (Å²) in [6.45, 7) is 2.87. The summed E-state index contributed by atoms with van der Waals surface area (Å²) in [4.78, 5) is 26.5. The van der Waals surface area contributed by atoms with E-state index in [1.54, 1.807) is 17.0 Å². The Morgan fingerprint density at radius 2 is 1.88 bits per heavy atom. The number of carboxylic acid groups (broad SMARTS) is 1. The molecular formula is C20H25N3O3. The van der Waals surface area contributed by atoms with Gasteiger partial charge in [0, 0.05) is 30.3 Å². The van der Waals surface area contributed by atoms with Crippen molar-refractivity contribution in [2.24, 2.45) is 11.0 Å². The number of likely N-dealkylation sites (tertiary alicyclic amines) is 1. The summed E-state index contributed by atoms with van der Waals surface area (Å²) >= 11 is 0. The molecule has 6 nitrogen and oxygen atoms in total. The second-order valence-corrected chi connectivity index (χ2v) is 7.67. The maximum atomic E-state index is 13.1. The van der Waals surface area contributed by atoms with Gasteiger partial charge in [0.2, 0.25) is 0 Å². The number of hydrogen-bond acceptors (Lipinski definition) is 4. The Bertz CT molecular complexity index is 743. The molecule has 2 fully saturated rings. The van der Waals surface area contributed by atoms with Crippen LogP contribution in [0, 0.1) is 5.92 Å². The number of hydrogen-bond donors (Lipinski definition) is 1. The molecule has 0 bridgehead atoms. The second kappa shape index (κ2) is 6.74. The molecular weight excluding hydrogens is 330 g/mol. The van der Waals surface area contributed by atoms with E-state index in [1.807, 2.05) is 24.1 Å². The third-order valence-electron chi connectivity index (χ3n) is 6.00. The van der Waals surface area contributed by atoms with Gasteiger partial charge in [0.25, 0.3) is 5.91 Å². The van der Waals surface area contributed by atoms with Crippen molar-refractivity contribution in [2.75, 3.05) is 11.6 Å². The predicted molar refractivity (Wildman–Crippen MR) is 99.5 cm³/mol. The van der Waals surface area contributed by atoms with E-state index in [9.17, 15) is 14.7 Å². The third-order valence-corrected chi connectivity index (χ3v) is 6.00. The molecule has 1 saturated heterocycles. The summed E-state index contributed by atoms with van der Waals surface area (Å²) in [6.07, 6.45) is 5.70. The van der Waals surface area contributed by atoms with Gasteiger partial charge >= 0.3 is 5.97 Å². The summed E-state index contributed by atoms with van der Waals surface area (Å²) in [6, 6.07) is 6.79. The van der Waals surface area contributed by atoms with E-state index >= 15 is 0 Å². The molecule has 2 heterocycles. The zero-order valence-electron chi connectivity index (χ0n) is 15.1. The molecule has 6 heteroatoms. The number of aliphatic carboxylic acids is 1. The van der Waals surface area contributed by atoms with Gasteiger partial charge in [0.1, 0.15) is 6.04 Å². The average Bonchev–Trinajstić information content (AvgIpc) is 3.25. The number of benzene rings is 1. The molecule has 0 aromatic heterocycles. The van der Waals surface area contributed by atoms with Crippen LogP contribution in [0.2, 0.25) is 0 Å². The molecule has 0 spiro atoms. The standard InChI is InChI=1S/C20H25N3O3/c1-13-10-11-22(21-13)16-8-6-14(7-9-16)19(24)23-17-5-3-2-4-15(17)12-18(23)20(25)26/h6-9,15,17-18H,2-5,10-12H2,1H3,(H,25,26). The zero-order valence-corrected chi connectivity index (χ0v) is 15.1. The lowest BCUT2D eigenvalue weighted by Gasteiger charge is -2.33. The van der Waals surface area contributed by atoms with Gasteiger partial charge < -0.3 is 10.0 Å². The van der Waals surface area contributed by atoms with E-state index in [2.05, 4.69) is 5.10 Å². The summed E-state index contributed by atoms with van der Waals surface area (Å²) in [5.74, 6) is -0.708. The van der Waals surface area contributed by atoms with Gasteiger partial charge in [0.15, 0.2) is 0 Å². The van der Waals surface area contributed by atoms with Crippen LogP contribution in [0.4, 0.5) is 5.69 Å². The van der Waals surface area contributed by atoms with Crippen molar-refractivity contribution in [3.63, 3.8) is 0 Å². The van der Waals surface area contributed by atoms with Crippen molar-refractivity contribution in [1.29, 1.82) is 0 Å². The number of fused-ring (bicyclic) bond motifs is 1. The molecule has 26 heavy (non-hydrogen) atoms. The Kier molecular flexibility index (Phi) is 4.42. The van der Waals surface area contributed by atoms with E-state index in [4.69, 9.17) is 0 Å². The van der Waals surface area contributed by atoms with Crippen molar-refractivity contribution >= 4 is 23.3 Å². The van der Waals surface area contributed by atoms with Crippen LogP contribution in [0.25, 0.3) is 0 Å². The van der Waals surface area contributed by atoms with E-state index in [0.29, 0.717) is 17.9 Å². The number of amides is 1. The Labute approximate surface area is 153 Å². The Balaban J connectivity index is 1.56. The fraction of sp³-hybridized carbons (Fsp3) is 0.550. The topological polar surface area (TPSA) is 73.2 Å². The van der Waals surface area contributed by atoms with E-state index in [1.165, 1.54) is 0 Å². The van der Waals surface area contributed by atoms with Crippen LogP contribution < -0.4 is 5.01 Å². The minimum absolute atomic E-state index is 0.0721. The van der Waals surface area contributed by atoms with Crippen LogP contribution >= 0.6 is 0 Å². The largest absolute Gasteiger partial charge is 0.480 e. The van der Waals surface area contributed by atoms with Gasteiger partial charge in [-0.3, -0.25) is 9.80 Å². The van der Waals surface area contributed by atoms with Crippen molar-refractivity contribution in [3.8, 4) is 0 Å². The molecule has 3 aliphatic rings. The molecule has 138 valence electrons. The summed E-state index contributed by atoms with van der Waals surface area (Å²) < 4.78 is 0. The average molecular weight is 355 g/mol. The fourth-order valence-electron chi connectivity index (χ4n) is 4.66. The summed E-state index contributed by atoms with van der Waals surface area (Å²) in [5, 5.41) is 16.0. The number of carbonyl (C=O) groups is 2. The molecule has 1 N–H and O–H groups in total. The van der Waals surface area contributed by atoms with Crippen molar-refractivity contribution in [1.82, 2.24) is 4.90 Å². The Morgan fingerprint density at radius 3 is 2.54 bits per heavy atom. The van der Waals surface area contributed by atoms with Crippen LogP contribution in [-0.2, 0) is 4.79 Å². The molecule has 1 saturated carbocycles. The number of rotatable bonds is 3. The maximum Gasteiger partial charge on any atom is 0.326 e. The monoisotopic (exact) mass is 355 g/mol. The Hall–Kier alpha value is -2.37.